The monoisotopic (exact) mass is 304 g/mol. The summed E-state index contributed by atoms with van der Waals surface area (Å²) in [7, 11) is -0.454. The van der Waals surface area contributed by atoms with Gasteiger partial charge in [-0.2, -0.15) is 0 Å². The summed E-state index contributed by atoms with van der Waals surface area (Å²) in [5, 5.41) is 0. The highest BCUT2D eigenvalue weighted by molar-refractivity contribution is 6.62. The molecule has 1 aromatic rings. The molecule has 0 aliphatic carbocycles. The minimum absolute atomic E-state index is 0.188. The van der Waals surface area contributed by atoms with Crippen LogP contribution in [-0.2, 0) is 18.8 Å². The number of carbonyl (C=O) groups excluding carboxylic acids is 1. The molecule has 0 radical (unpaired) electrons. The molecule has 1 fully saturated rings. The molecule has 4 nitrogen and oxygen atoms in total. The molecule has 1 aliphatic heterocycles. The lowest BCUT2D eigenvalue weighted by molar-refractivity contribution is -0.150. The number of hydrogen-bond acceptors (Lipinski definition) is 4. The quantitative estimate of drug-likeness (QED) is 0.460. The fraction of sp³-hybridized carbons (Fsp3) is 0.588. The first-order valence-corrected chi connectivity index (χ1v) is 7.94. The second kappa shape index (κ2) is 6.84. The first-order valence-electron chi connectivity index (χ1n) is 7.94. The molecule has 0 saturated carbocycles. The van der Waals surface area contributed by atoms with Crippen LogP contribution in [0.3, 0.4) is 0 Å². The molecule has 22 heavy (non-hydrogen) atoms. The summed E-state index contributed by atoms with van der Waals surface area (Å²) in [4.78, 5) is 12.1. The number of hydrogen-bond donors (Lipinski definition) is 0. The highest BCUT2D eigenvalue weighted by atomic mass is 16.7. The molecule has 0 spiro atoms. The van der Waals surface area contributed by atoms with Crippen LogP contribution in [-0.4, -0.2) is 30.9 Å². The van der Waals surface area contributed by atoms with Crippen LogP contribution in [0.5, 0.6) is 0 Å². The summed E-state index contributed by atoms with van der Waals surface area (Å²) < 4.78 is 17.4. The number of unbranched alkanes of at least 4 members (excludes halogenated alkanes) is 1. The fourth-order valence-electron chi connectivity index (χ4n) is 2.45. The van der Waals surface area contributed by atoms with Gasteiger partial charge in [-0.1, -0.05) is 43.7 Å². The van der Waals surface area contributed by atoms with E-state index >= 15 is 0 Å². The minimum Gasteiger partial charge on any atom is -0.466 e. The van der Waals surface area contributed by atoms with Crippen molar-refractivity contribution in [2.75, 3.05) is 6.61 Å². The molecule has 0 amide bonds. The van der Waals surface area contributed by atoms with Crippen LogP contribution in [0.2, 0.25) is 0 Å². The Bertz CT molecular complexity index is 503. The number of esters is 1. The maximum Gasteiger partial charge on any atom is 0.494 e. The smallest absolute Gasteiger partial charge is 0.466 e. The van der Waals surface area contributed by atoms with Crippen LogP contribution >= 0.6 is 0 Å². The van der Waals surface area contributed by atoms with Gasteiger partial charge in [0.25, 0.3) is 0 Å². The van der Waals surface area contributed by atoms with E-state index in [2.05, 4.69) is 6.92 Å². The van der Waals surface area contributed by atoms with Crippen molar-refractivity contribution in [3.05, 3.63) is 30.3 Å². The Morgan fingerprint density at radius 3 is 2.50 bits per heavy atom. The molecule has 0 N–H and O–H groups in total. The third-order valence-corrected chi connectivity index (χ3v) is 4.36. The van der Waals surface area contributed by atoms with Gasteiger partial charge in [0.15, 0.2) is 0 Å². The van der Waals surface area contributed by atoms with E-state index < -0.39 is 18.3 Å². The van der Waals surface area contributed by atoms with Gasteiger partial charge in [0, 0.05) is 0 Å². The van der Waals surface area contributed by atoms with E-state index in [9.17, 15) is 4.79 Å². The second-order valence-corrected chi connectivity index (χ2v) is 6.47. The standard InChI is InChI=1S/C17H25BO4/c1-5-6-12-20-15(19)13-17(4)16(2,3)21-18(22-17)14-10-8-7-9-11-14/h7-11H,5-6,12-13H2,1-4H3. The average molecular weight is 304 g/mol. The fourth-order valence-corrected chi connectivity index (χ4v) is 2.45. The normalized spacial score (nSPS) is 23.5. The number of carbonyl (C=O) groups is 1. The van der Waals surface area contributed by atoms with Gasteiger partial charge in [0.05, 0.1) is 24.2 Å². The Kier molecular flexibility index (Phi) is 5.30. The van der Waals surface area contributed by atoms with E-state index in [1.54, 1.807) is 0 Å². The van der Waals surface area contributed by atoms with Gasteiger partial charge >= 0.3 is 13.1 Å². The highest BCUT2D eigenvalue weighted by Crippen LogP contribution is 2.39. The summed E-state index contributed by atoms with van der Waals surface area (Å²) in [5.41, 5.74) is -0.327. The zero-order chi connectivity index (χ0) is 16.2. The Hall–Kier alpha value is -1.33. The van der Waals surface area contributed by atoms with E-state index in [1.165, 1.54) is 0 Å². The predicted molar refractivity (Wildman–Crippen MR) is 87.0 cm³/mol. The lowest BCUT2D eigenvalue weighted by Gasteiger charge is -2.35. The van der Waals surface area contributed by atoms with Crippen molar-refractivity contribution in [1.82, 2.24) is 0 Å². The Balaban J connectivity index is 2.04. The SMILES string of the molecule is CCCCOC(=O)CC1(C)OB(c2ccccc2)OC1(C)C. The summed E-state index contributed by atoms with van der Waals surface area (Å²) in [6.45, 7) is 8.35. The summed E-state index contributed by atoms with van der Waals surface area (Å²) in [6.07, 6.45) is 2.08. The number of rotatable bonds is 6. The molecule has 120 valence electrons. The lowest BCUT2D eigenvalue weighted by atomic mass is 9.79. The summed E-state index contributed by atoms with van der Waals surface area (Å²) in [6, 6.07) is 9.78. The van der Waals surface area contributed by atoms with E-state index in [0.29, 0.717) is 6.61 Å². The van der Waals surface area contributed by atoms with Gasteiger partial charge in [-0.15, -0.1) is 0 Å². The van der Waals surface area contributed by atoms with E-state index in [0.717, 1.165) is 18.3 Å². The van der Waals surface area contributed by atoms with Crippen molar-refractivity contribution in [3.8, 4) is 0 Å². The topological polar surface area (TPSA) is 44.8 Å². The van der Waals surface area contributed by atoms with Crippen LogP contribution in [0.4, 0.5) is 0 Å². The molecule has 1 aliphatic rings. The maximum atomic E-state index is 12.1. The van der Waals surface area contributed by atoms with Gasteiger partial charge in [-0.25, -0.2) is 0 Å². The van der Waals surface area contributed by atoms with Crippen molar-refractivity contribution in [1.29, 1.82) is 0 Å². The molecule has 1 aromatic carbocycles. The van der Waals surface area contributed by atoms with Crippen molar-refractivity contribution in [3.63, 3.8) is 0 Å². The van der Waals surface area contributed by atoms with Gasteiger partial charge in [-0.3, -0.25) is 4.79 Å². The first-order chi connectivity index (χ1) is 10.4. The van der Waals surface area contributed by atoms with Gasteiger partial charge in [0.2, 0.25) is 0 Å². The third-order valence-electron chi connectivity index (χ3n) is 4.36. The molecule has 2 rings (SSSR count). The maximum absolute atomic E-state index is 12.1. The van der Waals surface area contributed by atoms with Crippen molar-refractivity contribution >= 4 is 18.6 Å². The average Bonchev–Trinajstić information content (AvgIpc) is 2.70. The molecule has 1 saturated heterocycles. The van der Waals surface area contributed by atoms with E-state index in [-0.39, 0.29) is 12.4 Å². The van der Waals surface area contributed by atoms with Crippen LogP contribution in [0.15, 0.2) is 30.3 Å². The molecular weight excluding hydrogens is 279 g/mol. The van der Waals surface area contributed by atoms with Crippen molar-refractivity contribution < 1.29 is 18.8 Å². The van der Waals surface area contributed by atoms with Crippen molar-refractivity contribution in [2.45, 2.75) is 58.2 Å². The molecule has 1 unspecified atom stereocenters. The Morgan fingerprint density at radius 1 is 1.18 bits per heavy atom. The van der Waals surface area contributed by atoms with E-state index in [1.807, 2.05) is 51.1 Å². The Morgan fingerprint density at radius 2 is 1.86 bits per heavy atom. The van der Waals surface area contributed by atoms with Crippen LogP contribution in [0, 0.1) is 0 Å². The third kappa shape index (κ3) is 3.71. The minimum atomic E-state index is -0.712. The van der Waals surface area contributed by atoms with Gasteiger partial charge < -0.3 is 14.0 Å². The van der Waals surface area contributed by atoms with Gasteiger partial charge in [0.1, 0.15) is 0 Å². The second-order valence-electron chi connectivity index (χ2n) is 6.47. The zero-order valence-electron chi connectivity index (χ0n) is 13.9. The highest BCUT2D eigenvalue weighted by Gasteiger charge is 2.55. The first kappa shape index (κ1) is 17.0. The molecule has 0 aromatic heterocycles. The predicted octanol–water partition coefficient (Wildman–Crippen LogP) is 2.70. The van der Waals surface area contributed by atoms with Crippen LogP contribution < -0.4 is 5.46 Å². The zero-order valence-corrected chi connectivity index (χ0v) is 13.9. The molecular formula is C17H25BO4. The summed E-state index contributed by atoms with van der Waals surface area (Å²) in [5.74, 6) is -0.235. The van der Waals surface area contributed by atoms with Crippen molar-refractivity contribution in [2.24, 2.45) is 0 Å². The lowest BCUT2D eigenvalue weighted by Crippen LogP contribution is -2.46. The largest absolute Gasteiger partial charge is 0.494 e. The Labute approximate surface area is 133 Å². The number of benzene rings is 1. The van der Waals surface area contributed by atoms with Gasteiger partial charge in [-0.05, 0) is 32.7 Å². The molecule has 1 heterocycles. The number of ether oxygens (including phenoxy) is 1. The van der Waals surface area contributed by atoms with E-state index in [4.69, 9.17) is 14.0 Å². The van der Waals surface area contributed by atoms with Crippen LogP contribution in [0.25, 0.3) is 0 Å². The molecule has 1 atom stereocenters. The molecule has 0 bridgehead atoms. The summed E-state index contributed by atoms with van der Waals surface area (Å²) >= 11 is 0. The molecule has 5 heteroatoms. The van der Waals surface area contributed by atoms with Crippen LogP contribution in [0.1, 0.15) is 47.0 Å².